The van der Waals surface area contributed by atoms with Gasteiger partial charge in [0.05, 0.1) is 5.92 Å². The van der Waals surface area contributed by atoms with Crippen molar-refractivity contribution in [2.45, 2.75) is 64.3 Å². The molecule has 1 heterocycles. The highest BCUT2D eigenvalue weighted by atomic mass is 16.4. The molecule has 0 spiro atoms. The third-order valence-electron chi connectivity index (χ3n) is 4.84. The van der Waals surface area contributed by atoms with Crippen LogP contribution >= 0.6 is 0 Å². The Labute approximate surface area is 127 Å². The third kappa shape index (κ3) is 4.90. The lowest BCUT2D eigenvalue weighted by molar-refractivity contribution is -0.143. The van der Waals surface area contributed by atoms with E-state index in [0.29, 0.717) is 19.5 Å². The molecule has 0 radical (unpaired) electrons. The molecule has 2 fully saturated rings. The number of nitrogens with one attached hydrogen (secondary N) is 1. The maximum atomic E-state index is 12.2. The lowest BCUT2D eigenvalue weighted by Gasteiger charge is -2.32. The van der Waals surface area contributed by atoms with Crippen LogP contribution in [-0.4, -0.2) is 41.1 Å². The molecule has 1 saturated heterocycles. The molecule has 2 amide bonds. The molecule has 5 heteroatoms. The molecule has 2 atom stereocenters. The number of carboxylic acid groups (broad SMARTS) is 1. The molecule has 1 aliphatic carbocycles. The van der Waals surface area contributed by atoms with Gasteiger partial charge in [-0.05, 0) is 32.1 Å². The lowest BCUT2D eigenvalue weighted by Crippen LogP contribution is -2.49. The van der Waals surface area contributed by atoms with E-state index in [4.69, 9.17) is 5.11 Å². The number of aliphatic carboxylic acids is 1. The van der Waals surface area contributed by atoms with Crippen molar-refractivity contribution in [1.29, 1.82) is 0 Å². The third-order valence-corrected chi connectivity index (χ3v) is 4.84. The lowest BCUT2D eigenvalue weighted by atomic mass is 9.85. The molecule has 2 rings (SSSR count). The van der Waals surface area contributed by atoms with Crippen molar-refractivity contribution < 1.29 is 14.7 Å². The van der Waals surface area contributed by atoms with Crippen molar-refractivity contribution in [1.82, 2.24) is 10.2 Å². The van der Waals surface area contributed by atoms with Crippen LogP contribution in [-0.2, 0) is 4.79 Å². The van der Waals surface area contributed by atoms with Crippen LogP contribution < -0.4 is 5.32 Å². The summed E-state index contributed by atoms with van der Waals surface area (Å²) in [5, 5.41) is 12.1. The van der Waals surface area contributed by atoms with Gasteiger partial charge in [0.1, 0.15) is 0 Å². The van der Waals surface area contributed by atoms with E-state index in [1.54, 1.807) is 4.90 Å². The monoisotopic (exact) mass is 296 g/mol. The van der Waals surface area contributed by atoms with Crippen LogP contribution in [0.15, 0.2) is 0 Å². The number of hydrogen-bond donors (Lipinski definition) is 2. The van der Waals surface area contributed by atoms with Gasteiger partial charge in [0.2, 0.25) is 0 Å². The number of amides is 2. The quantitative estimate of drug-likeness (QED) is 0.838. The van der Waals surface area contributed by atoms with Crippen LogP contribution in [0.25, 0.3) is 0 Å². The second-order valence-corrected chi connectivity index (χ2v) is 6.71. The summed E-state index contributed by atoms with van der Waals surface area (Å²) in [5.74, 6) is -0.455. The highest BCUT2D eigenvalue weighted by Gasteiger charge is 2.28. The van der Waals surface area contributed by atoms with E-state index in [0.717, 1.165) is 18.8 Å². The first kappa shape index (κ1) is 16.1. The Morgan fingerprint density at radius 2 is 1.90 bits per heavy atom. The summed E-state index contributed by atoms with van der Waals surface area (Å²) in [5.41, 5.74) is 0. The topological polar surface area (TPSA) is 69.6 Å². The first-order valence-electron chi connectivity index (χ1n) is 8.34. The number of nitrogens with zero attached hydrogens (tertiary/aromatic N) is 1. The highest BCUT2D eigenvalue weighted by molar-refractivity contribution is 5.76. The Balaban J connectivity index is 1.75. The van der Waals surface area contributed by atoms with Gasteiger partial charge in [0.15, 0.2) is 0 Å². The normalized spacial score (nSPS) is 25.4. The van der Waals surface area contributed by atoms with Gasteiger partial charge in [-0.25, -0.2) is 4.79 Å². The first-order chi connectivity index (χ1) is 10.1. The smallest absolute Gasteiger partial charge is 0.317 e. The zero-order valence-corrected chi connectivity index (χ0v) is 13.0. The Morgan fingerprint density at radius 3 is 2.57 bits per heavy atom. The van der Waals surface area contributed by atoms with Gasteiger partial charge < -0.3 is 15.3 Å². The van der Waals surface area contributed by atoms with E-state index in [-0.39, 0.29) is 12.1 Å². The predicted molar refractivity (Wildman–Crippen MR) is 81.1 cm³/mol. The average Bonchev–Trinajstić information content (AvgIpc) is 2.48. The minimum Gasteiger partial charge on any atom is -0.481 e. The van der Waals surface area contributed by atoms with Gasteiger partial charge in [-0.1, -0.05) is 32.1 Å². The molecule has 2 aliphatic rings. The van der Waals surface area contributed by atoms with E-state index in [2.05, 4.69) is 12.2 Å². The second kappa shape index (κ2) is 7.66. The van der Waals surface area contributed by atoms with Crippen LogP contribution in [0.3, 0.4) is 0 Å². The molecular formula is C16H28N2O3. The standard InChI is InChI=1S/C16H28N2O3/c1-12(10-13-6-3-2-4-7-13)17-16(21)18-9-5-8-14(11-18)15(19)20/h12-14H,2-11H2,1H3,(H,17,21)(H,19,20)/t12-,14?/m1/s1. The molecule has 2 N–H and O–H groups in total. The summed E-state index contributed by atoms with van der Waals surface area (Å²) in [7, 11) is 0. The van der Waals surface area contributed by atoms with E-state index in [1.165, 1.54) is 32.1 Å². The molecule has 0 aromatic rings. The van der Waals surface area contributed by atoms with E-state index in [9.17, 15) is 9.59 Å². The number of urea groups is 1. The van der Waals surface area contributed by atoms with Crippen molar-refractivity contribution >= 4 is 12.0 Å². The molecule has 120 valence electrons. The van der Waals surface area contributed by atoms with Crippen LogP contribution in [0.5, 0.6) is 0 Å². The van der Waals surface area contributed by atoms with Crippen molar-refractivity contribution in [2.75, 3.05) is 13.1 Å². The van der Waals surface area contributed by atoms with Crippen LogP contribution in [0, 0.1) is 11.8 Å². The fourth-order valence-corrected chi connectivity index (χ4v) is 3.65. The molecule has 0 aromatic carbocycles. The van der Waals surface area contributed by atoms with E-state index in [1.807, 2.05) is 0 Å². The average molecular weight is 296 g/mol. The minimum atomic E-state index is -0.789. The van der Waals surface area contributed by atoms with Gasteiger partial charge in [0.25, 0.3) is 0 Å². The summed E-state index contributed by atoms with van der Waals surface area (Å²) in [6, 6.07) is 0.0788. The van der Waals surface area contributed by atoms with Crippen LogP contribution in [0.2, 0.25) is 0 Å². The van der Waals surface area contributed by atoms with Crippen LogP contribution in [0.4, 0.5) is 4.79 Å². The van der Waals surface area contributed by atoms with Gasteiger partial charge >= 0.3 is 12.0 Å². The molecule has 1 saturated carbocycles. The SMILES string of the molecule is C[C@H](CC1CCCCC1)NC(=O)N1CCCC(C(=O)O)C1. The Morgan fingerprint density at radius 1 is 1.19 bits per heavy atom. The van der Waals surface area contributed by atoms with Crippen molar-refractivity contribution in [3.63, 3.8) is 0 Å². The Hall–Kier alpha value is -1.26. The van der Waals surface area contributed by atoms with Gasteiger partial charge in [-0.15, -0.1) is 0 Å². The number of carbonyl (C=O) groups is 2. The Bertz CT molecular complexity index is 367. The minimum absolute atomic E-state index is 0.0933. The van der Waals surface area contributed by atoms with Crippen LogP contribution in [0.1, 0.15) is 58.3 Å². The summed E-state index contributed by atoms with van der Waals surface area (Å²) >= 11 is 0. The number of piperidine rings is 1. The summed E-state index contributed by atoms with van der Waals surface area (Å²) in [4.78, 5) is 25.0. The summed E-state index contributed by atoms with van der Waals surface area (Å²) in [6.07, 6.45) is 9.05. The maximum absolute atomic E-state index is 12.2. The number of rotatable bonds is 4. The molecular weight excluding hydrogens is 268 g/mol. The molecule has 5 nitrogen and oxygen atoms in total. The van der Waals surface area contributed by atoms with Gasteiger partial charge in [0, 0.05) is 19.1 Å². The predicted octanol–water partition coefficient (Wildman–Crippen LogP) is 2.85. The van der Waals surface area contributed by atoms with Crippen molar-refractivity contribution in [2.24, 2.45) is 11.8 Å². The van der Waals surface area contributed by atoms with E-state index >= 15 is 0 Å². The number of carbonyl (C=O) groups excluding carboxylic acids is 1. The highest BCUT2D eigenvalue weighted by Crippen LogP contribution is 2.27. The molecule has 0 bridgehead atoms. The summed E-state index contributed by atoms with van der Waals surface area (Å²) < 4.78 is 0. The number of likely N-dealkylation sites (tertiary alicyclic amines) is 1. The largest absolute Gasteiger partial charge is 0.481 e. The fourth-order valence-electron chi connectivity index (χ4n) is 3.65. The second-order valence-electron chi connectivity index (χ2n) is 6.71. The molecule has 0 aromatic heterocycles. The van der Waals surface area contributed by atoms with Gasteiger partial charge in [-0.3, -0.25) is 4.79 Å². The maximum Gasteiger partial charge on any atom is 0.317 e. The molecule has 21 heavy (non-hydrogen) atoms. The van der Waals surface area contributed by atoms with Crippen molar-refractivity contribution in [3.05, 3.63) is 0 Å². The molecule has 1 unspecified atom stereocenters. The molecule has 1 aliphatic heterocycles. The number of carboxylic acids is 1. The van der Waals surface area contributed by atoms with Crippen molar-refractivity contribution in [3.8, 4) is 0 Å². The zero-order valence-electron chi connectivity index (χ0n) is 13.0. The fraction of sp³-hybridized carbons (Fsp3) is 0.875. The zero-order chi connectivity index (χ0) is 15.2. The van der Waals surface area contributed by atoms with E-state index < -0.39 is 11.9 Å². The number of hydrogen-bond acceptors (Lipinski definition) is 2. The van der Waals surface area contributed by atoms with Gasteiger partial charge in [-0.2, -0.15) is 0 Å². The Kier molecular flexibility index (Phi) is 5.88. The first-order valence-corrected chi connectivity index (χ1v) is 8.34. The summed E-state index contributed by atoms with van der Waals surface area (Å²) in [6.45, 7) is 3.08.